The number of hydrogen-bond donors (Lipinski definition) is 2. The van der Waals surface area contributed by atoms with E-state index >= 15 is 0 Å². The second-order valence-electron chi connectivity index (χ2n) is 21.1. The van der Waals surface area contributed by atoms with Crippen LogP contribution in [0.15, 0.2) is 221 Å². The van der Waals surface area contributed by atoms with Gasteiger partial charge in [0.2, 0.25) is 0 Å². The topological polar surface area (TPSA) is 143 Å². The van der Waals surface area contributed by atoms with Gasteiger partial charge in [0.05, 0.1) is 53.4 Å². The zero-order valence-electron chi connectivity index (χ0n) is 48.8. The van der Waals surface area contributed by atoms with E-state index in [1.807, 2.05) is 200 Å². The minimum absolute atomic E-state index is 0.253. The number of H-pyrrole nitrogens is 2. The lowest BCUT2D eigenvalue weighted by Crippen LogP contribution is -2.27. The first-order valence-corrected chi connectivity index (χ1v) is 29.2. The lowest BCUT2D eigenvalue weighted by Gasteiger charge is -2.25. The Hall–Kier alpha value is -10.8. The number of aromatic amines is 2. The molecular formula is C73H55Cl2N9O4. The van der Waals surface area contributed by atoms with Gasteiger partial charge in [-0.2, -0.15) is 10.2 Å². The van der Waals surface area contributed by atoms with Crippen LogP contribution in [0.3, 0.4) is 0 Å². The third-order valence-corrected chi connectivity index (χ3v) is 16.5. The molecule has 0 unspecified atom stereocenters. The van der Waals surface area contributed by atoms with Gasteiger partial charge >= 0.3 is 0 Å². The Kier molecular flexibility index (Phi) is 15.1. The summed E-state index contributed by atoms with van der Waals surface area (Å²) in [7, 11) is 6.60. The van der Waals surface area contributed by atoms with Gasteiger partial charge in [-0.25, -0.2) is 0 Å². The molecule has 15 heteroatoms. The molecule has 88 heavy (non-hydrogen) atoms. The molecule has 0 aliphatic rings. The van der Waals surface area contributed by atoms with Crippen LogP contribution in [0.2, 0.25) is 10.0 Å². The number of azo groups is 2. The van der Waals surface area contributed by atoms with Crippen molar-refractivity contribution in [2.75, 3.05) is 43.0 Å². The number of halogens is 2. The largest absolute Gasteiger partial charge is 0.494 e. The number of carbonyl (C=O) groups excluding carboxylic acids is 2. The van der Waals surface area contributed by atoms with E-state index in [0.29, 0.717) is 55.2 Å². The van der Waals surface area contributed by atoms with Crippen LogP contribution < -0.4 is 24.2 Å². The highest BCUT2D eigenvalue weighted by Crippen LogP contribution is 2.48. The molecule has 0 spiro atoms. The Morgan fingerprint density at radius 2 is 0.955 bits per heavy atom. The number of methoxy groups -OCH3 is 2. The standard InChI is InChI=1S/C73H55Cl2N9O4/c1-7-16-44-18-13-15-22-63(44)83(4)73(86)59-40-46-24-36-55-57-42-48(75)26-38-61(57)77-67(55)65(46)69(71(59)88-6)81-79-50-29-33-53(34-30-50)84(51-19-10-9-11-20-51)52-31-27-49(28-32-52)78-80-68-64-45(23-35-54-56-41-47(74)25-37-60(56)76-66(54)64)39-58(70(68)87-5)72(85)82(3)62-21-14-12-17-43(62)8-2/h9-15,17-42,76-77H,8H2,1-6H3. The molecule has 2 heterocycles. The van der Waals surface area contributed by atoms with Gasteiger partial charge in [0.25, 0.3) is 11.8 Å². The summed E-state index contributed by atoms with van der Waals surface area (Å²) in [5.41, 5.74) is 11.7. The number of ether oxygens (including phenoxy) is 2. The Bertz CT molecular complexity index is 5070. The molecule has 0 saturated heterocycles. The number of rotatable bonds is 14. The molecule has 13 rings (SSSR count). The molecule has 0 aliphatic carbocycles. The molecule has 0 bridgehead atoms. The average Bonchev–Trinajstić information content (AvgIpc) is 1.74. The van der Waals surface area contributed by atoms with Gasteiger partial charge in [0.15, 0.2) is 11.5 Å². The summed E-state index contributed by atoms with van der Waals surface area (Å²) >= 11 is 13.1. The van der Waals surface area contributed by atoms with E-state index in [0.717, 1.165) is 99.9 Å². The van der Waals surface area contributed by atoms with Crippen molar-refractivity contribution < 1.29 is 19.1 Å². The molecule has 11 aromatic carbocycles. The number of nitrogens with one attached hydrogen (secondary N) is 2. The third-order valence-electron chi connectivity index (χ3n) is 16.0. The maximum atomic E-state index is 14.8. The van der Waals surface area contributed by atoms with E-state index in [-0.39, 0.29) is 23.3 Å². The van der Waals surface area contributed by atoms with Gasteiger partial charge < -0.3 is 34.1 Å². The number of nitrogens with zero attached hydrogens (tertiary/aromatic N) is 7. The number of carbonyl (C=O) groups is 2. The van der Waals surface area contributed by atoms with Gasteiger partial charge in [-0.3, -0.25) is 9.59 Å². The zero-order valence-corrected chi connectivity index (χ0v) is 50.3. The molecule has 13 aromatic rings. The smallest absolute Gasteiger partial charge is 0.261 e. The molecule has 2 N–H and O–H groups in total. The highest BCUT2D eigenvalue weighted by molar-refractivity contribution is 6.33. The van der Waals surface area contributed by atoms with Crippen LogP contribution in [-0.4, -0.2) is 50.1 Å². The molecule has 2 aromatic heterocycles. The summed E-state index contributed by atoms with van der Waals surface area (Å²) in [6.45, 7) is 3.84. The molecule has 0 aliphatic heterocycles. The summed E-state index contributed by atoms with van der Waals surface area (Å²) < 4.78 is 12.4. The number of aromatic nitrogens is 2. The normalized spacial score (nSPS) is 11.6. The molecule has 0 atom stereocenters. The second-order valence-corrected chi connectivity index (χ2v) is 22.0. The molecular weight excluding hydrogens is 1140 g/mol. The van der Waals surface area contributed by atoms with Crippen LogP contribution in [0.4, 0.5) is 51.2 Å². The lowest BCUT2D eigenvalue weighted by atomic mass is 9.99. The fourth-order valence-electron chi connectivity index (χ4n) is 11.8. The Labute approximate surface area is 517 Å². The van der Waals surface area contributed by atoms with E-state index < -0.39 is 0 Å². The van der Waals surface area contributed by atoms with E-state index in [1.54, 1.807) is 37.9 Å². The van der Waals surface area contributed by atoms with Crippen molar-refractivity contribution in [2.45, 2.75) is 20.3 Å². The van der Waals surface area contributed by atoms with E-state index in [2.05, 4.69) is 33.6 Å². The van der Waals surface area contributed by atoms with Gasteiger partial charge in [-0.05, 0) is 157 Å². The van der Waals surface area contributed by atoms with Crippen LogP contribution in [-0.2, 0) is 6.42 Å². The second kappa shape index (κ2) is 23.6. The highest BCUT2D eigenvalue weighted by atomic mass is 35.5. The van der Waals surface area contributed by atoms with Gasteiger partial charge in [0, 0.05) is 95.8 Å². The van der Waals surface area contributed by atoms with Crippen molar-refractivity contribution in [3.8, 4) is 23.3 Å². The van der Waals surface area contributed by atoms with Crippen LogP contribution >= 0.6 is 23.2 Å². The Balaban J connectivity index is 0.868. The van der Waals surface area contributed by atoms with Crippen LogP contribution in [0.5, 0.6) is 11.5 Å². The predicted molar refractivity (Wildman–Crippen MR) is 360 cm³/mol. The minimum Gasteiger partial charge on any atom is -0.494 e. The monoisotopic (exact) mass is 1190 g/mol. The number of benzene rings is 11. The third kappa shape index (κ3) is 10.1. The molecule has 0 radical (unpaired) electrons. The first-order valence-electron chi connectivity index (χ1n) is 28.5. The number of anilines is 5. The van der Waals surface area contributed by atoms with Crippen molar-refractivity contribution in [3.05, 3.63) is 232 Å². The van der Waals surface area contributed by atoms with E-state index in [1.165, 1.54) is 7.11 Å². The summed E-state index contributed by atoms with van der Waals surface area (Å²) in [5.74, 6) is 6.08. The Morgan fingerprint density at radius 3 is 1.44 bits per heavy atom. The quantitative estimate of drug-likeness (QED) is 0.0823. The van der Waals surface area contributed by atoms with E-state index in [4.69, 9.17) is 53.1 Å². The number of para-hydroxylation sites is 3. The summed E-state index contributed by atoms with van der Waals surface area (Å²) in [4.78, 5) is 42.0. The molecule has 430 valence electrons. The van der Waals surface area contributed by atoms with Gasteiger partial charge in [-0.1, -0.05) is 109 Å². The fourth-order valence-corrected chi connectivity index (χ4v) is 12.2. The summed E-state index contributed by atoms with van der Waals surface area (Å²) in [6.07, 6.45) is 0.752. The van der Waals surface area contributed by atoms with Crippen molar-refractivity contribution in [2.24, 2.45) is 20.5 Å². The van der Waals surface area contributed by atoms with Crippen molar-refractivity contribution in [1.29, 1.82) is 0 Å². The van der Waals surface area contributed by atoms with Gasteiger partial charge in [0.1, 0.15) is 11.4 Å². The Morgan fingerprint density at radius 1 is 0.500 bits per heavy atom. The number of amides is 2. The molecule has 0 saturated carbocycles. The molecule has 2 amide bonds. The average molecular weight is 1190 g/mol. The summed E-state index contributed by atoms with van der Waals surface area (Å²) in [5, 5.41) is 27.6. The van der Waals surface area contributed by atoms with E-state index in [9.17, 15) is 9.59 Å². The number of aryl methyl sites for hydroxylation is 1. The number of fused-ring (bicyclic) bond motifs is 10. The van der Waals surface area contributed by atoms with Crippen molar-refractivity contribution >= 4 is 151 Å². The zero-order chi connectivity index (χ0) is 60.7. The van der Waals surface area contributed by atoms with Crippen LogP contribution in [0, 0.1) is 11.8 Å². The lowest BCUT2D eigenvalue weighted by molar-refractivity contribution is 0.0982. The fraction of sp³-hybridized carbons (Fsp3) is 0.0959. The van der Waals surface area contributed by atoms with Crippen LogP contribution in [0.1, 0.15) is 45.7 Å². The predicted octanol–water partition coefficient (Wildman–Crippen LogP) is 20.4. The maximum Gasteiger partial charge on any atom is 0.261 e. The molecule has 0 fully saturated rings. The first kappa shape index (κ1) is 56.4. The van der Waals surface area contributed by atoms with Crippen molar-refractivity contribution in [1.82, 2.24) is 9.97 Å². The highest BCUT2D eigenvalue weighted by Gasteiger charge is 2.28. The SMILES string of the molecule is CC#Cc1ccccc1N(C)C(=O)c1cc2ccc3c4cc(Cl)ccc4[nH]c3c2c(N=Nc2ccc(N(c3ccccc3)c3ccc(N=Nc4c(OC)c(C(=O)N(C)c5ccccc5CC)cc5ccc6c7cc(Cl)ccc7[nH]c6c45)cc3)cc2)c1OC. The van der Waals surface area contributed by atoms with Gasteiger partial charge in [-0.15, -0.1) is 16.1 Å². The summed E-state index contributed by atoms with van der Waals surface area (Å²) in [6, 6.07) is 64.3. The molecule has 13 nitrogen and oxygen atoms in total. The van der Waals surface area contributed by atoms with Crippen molar-refractivity contribution in [3.63, 3.8) is 0 Å². The minimum atomic E-state index is -0.311. The van der Waals surface area contributed by atoms with Crippen LogP contribution in [0.25, 0.3) is 65.2 Å². The first-order chi connectivity index (χ1) is 42.9. The maximum absolute atomic E-state index is 14.8. The number of hydrogen-bond acceptors (Lipinski definition) is 9.